The molecule has 0 aromatic carbocycles. The van der Waals surface area contributed by atoms with Gasteiger partial charge in [-0.1, -0.05) is 11.8 Å². The van der Waals surface area contributed by atoms with Crippen LogP contribution in [0.25, 0.3) is 0 Å². The molecule has 0 aliphatic heterocycles. The fourth-order valence-electron chi connectivity index (χ4n) is 1.22. The lowest BCUT2D eigenvalue weighted by Crippen LogP contribution is -2.32. The Morgan fingerprint density at radius 3 is 2.89 bits per heavy atom. The molecule has 5 nitrogen and oxygen atoms in total. The van der Waals surface area contributed by atoms with E-state index in [2.05, 4.69) is 16.6 Å². The van der Waals surface area contributed by atoms with Gasteiger partial charge in [0.15, 0.2) is 0 Å². The third-order valence-corrected chi connectivity index (χ3v) is 3.03. The summed E-state index contributed by atoms with van der Waals surface area (Å²) in [5.41, 5.74) is 5.92. The highest BCUT2D eigenvalue weighted by Crippen LogP contribution is 2.17. The van der Waals surface area contributed by atoms with Crippen molar-refractivity contribution in [1.82, 2.24) is 4.90 Å². The predicted octanol–water partition coefficient (Wildman–Crippen LogP) is 0.303. The third-order valence-electron chi connectivity index (χ3n) is 2.13. The average Bonchev–Trinajstić information content (AvgIpc) is 2.83. The van der Waals surface area contributed by atoms with Gasteiger partial charge in [-0.2, -0.15) is 0 Å². The number of thiophene rings is 1. The Labute approximate surface area is 110 Å². The first-order valence-electron chi connectivity index (χ1n) is 5.18. The van der Waals surface area contributed by atoms with Crippen LogP contribution in [0.1, 0.15) is 15.2 Å². The molecule has 1 rings (SSSR count). The van der Waals surface area contributed by atoms with Crippen LogP contribution >= 0.6 is 11.3 Å². The number of hydrogen-bond acceptors (Lipinski definition) is 5. The fraction of sp³-hybridized carbons (Fsp3) is 0.333. The molecule has 0 saturated heterocycles. The van der Waals surface area contributed by atoms with Crippen LogP contribution in [0.4, 0.5) is 0 Å². The second-order valence-electron chi connectivity index (χ2n) is 3.41. The summed E-state index contributed by atoms with van der Waals surface area (Å²) < 4.78 is 4.51. The molecule has 1 aromatic heterocycles. The van der Waals surface area contributed by atoms with Crippen LogP contribution in [0.3, 0.4) is 0 Å². The number of hydrogen-bond donors (Lipinski definition) is 1. The Bertz CT molecular complexity index is 499. The van der Waals surface area contributed by atoms with Gasteiger partial charge in [0, 0.05) is 12.6 Å². The van der Waals surface area contributed by atoms with Crippen molar-refractivity contribution in [1.29, 1.82) is 0 Å². The van der Waals surface area contributed by atoms with Crippen molar-refractivity contribution < 1.29 is 14.3 Å². The number of carbonyl (C=O) groups excluding carboxylic acids is 2. The molecule has 18 heavy (non-hydrogen) atoms. The first-order chi connectivity index (χ1) is 8.60. The molecule has 96 valence electrons. The van der Waals surface area contributed by atoms with Crippen LogP contribution in [0.2, 0.25) is 0 Å². The van der Waals surface area contributed by atoms with Crippen molar-refractivity contribution in [2.24, 2.45) is 5.73 Å². The Balaban J connectivity index is 2.84. The summed E-state index contributed by atoms with van der Waals surface area (Å²) in [7, 11) is 2.82. The van der Waals surface area contributed by atoms with Gasteiger partial charge in [0.25, 0.3) is 5.91 Å². The molecule has 0 saturated carbocycles. The van der Waals surface area contributed by atoms with Gasteiger partial charge in [-0.3, -0.25) is 9.59 Å². The van der Waals surface area contributed by atoms with Crippen molar-refractivity contribution in [2.45, 2.75) is 0 Å². The molecule has 0 fully saturated rings. The van der Waals surface area contributed by atoms with Crippen molar-refractivity contribution >= 4 is 23.2 Å². The van der Waals surface area contributed by atoms with E-state index in [1.54, 1.807) is 18.5 Å². The standard InChI is InChI=1S/C12H14N2O3S/c1-14(8-10(15)17-2)12(16)11-9(4-3-6-13)5-7-18-11/h5,7H,6,8,13H2,1-2H3. The average molecular weight is 266 g/mol. The zero-order valence-electron chi connectivity index (χ0n) is 10.2. The Kier molecular flexibility index (Phi) is 5.36. The molecular weight excluding hydrogens is 252 g/mol. The van der Waals surface area contributed by atoms with Crippen molar-refractivity contribution in [3.05, 3.63) is 21.9 Å². The first-order valence-corrected chi connectivity index (χ1v) is 6.06. The smallest absolute Gasteiger partial charge is 0.325 e. The summed E-state index contributed by atoms with van der Waals surface area (Å²) in [5.74, 6) is 4.81. The summed E-state index contributed by atoms with van der Waals surface area (Å²) in [4.78, 5) is 25.0. The highest BCUT2D eigenvalue weighted by atomic mass is 32.1. The molecule has 0 atom stereocenters. The molecule has 0 aliphatic rings. The minimum Gasteiger partial charge on any atom is -0.468 e. The number of esters is 1. The van der Waals surface area contributed by atoms with Crippen LogP contribution in [0.5, 0.6) is 0 Å². The zero-order valence-corrected chi connectivity index (χ0v) is 11.0. The summed E-state index contributed by atoms with van der Waals surface area (Å²) in [6.45, 7) is 0.151. The molecule has 0 aliphatic carbocycles. The summed E-state index contributed by atoms with van der Waals surface area (Å²) in [6, 6.07) is 1.76. The minimum absolute atomic E-state index is 0.0863. The Morgan fingerprint density at radius 1 is 1.56 bits per heavy atom. The number of nitrogens with zero attached hydrogens (tertiary/aromatic N) is 1. The van der Waals surface area contributed by atoms with E-state index in [0.717, 1.165) is 0 Å². The second-order valence-corrected chi connectivity index (χ2v) is 4.32. The van der Waals surface area contributed by atoms with Gasteiger partial charge in [-0.25, -0.2) is 0 Å². The molecule has 6 heteroatoms. The van der Waals surface area contributed by atoms with Crippen LogP contribution in [0, 0.1) is 11.8 Å². The lowest BCUT2D eigenvalue weighted by atomic mass is 10.2. The molecule has 1 amide bonds. The monoisotopic (exact) mass is 266 g/mol. The SMILES string of the molecule is COC(=O)CN(C)C(=O)c1sccc1C#CCN. The van der Waals surface area contributed by atoms with E-state index in [1.165, 1.54) is 23.3 Å². The van der Waals surface area contributed by atoms with Crippen molar-refractivity contribution in [2.75, 3.05) is 27.2 Å². The molecule has 0 radical (unpaired) electrons. The Hall–Kier alpha value is -1.84. The number of amides is 1. The second kappa shape index (κ2) is 6.79. The largest absolute Gasteiger partial charge is 0.468 e. The van der Waals surface area contributed by atoms with E-state index in [4.69, 9.17) is 5.73 Å². The number of methoxy groups -OCH3 is 1. The lowest BCUT2D eigenvalue weighted by Gasteiger charge is -2.14. The van der Waals surface area contributed by atoms with Crippen molar-refractivity contribution in [3.63, 3.8) is 0 Å². The molecule has 0 unspecified atom stereocenters. The summed E-state index contributed by atoms with van der Waals surface area (Å²) in [5, 5.41) is 1.78. The van der Waals surface area contributed by atoms with E-state index in [0.29, 0.717) is 10.4 Å². The number of carbonyl (C=O) groups is 2. The lowest BCUT2D eigenvalue weighted by molar-refractivity contribution is -0.141. The maximum Gasteiger partial charge on any atom is 0.325 e. The highest BCUT2D eigenvalue weighted by Gasteiger charge is 2.18. The van der Waals surface area contributed by atoms with E-state index in [-0.39, 0.29) is 19.0 Å². The van der Waals surface area contributed by atoms with Crippen LogP contribution < -0.4 is 5.73 Å². The van der Waals surface area contributed by atoms with Crippen LogP contribution in [-0.4, -0.2) is 44.0 Å². The predicted molar refractivity (Wildman–Crippen MR) is 69.2 cm³/mol. The number of likely N-dealkylation sites (N-methyl/N-ethyl adjacent to an activating group) is 1. The topological polar surface area (TPSA) is 72.6 Å². The fourth-order valence-corrected chi connectivity index (χ4v) is 2.07. The zero-order chi connectivity index (χ0) is 13.5. The maximum atomic E-state index is 12.1. The molecule has 0 spiro atoms. The van der Waals surface area contributed by atoms with Gasteiger partial charge in [0.1, 0.15) is 11.4 Å². The molecule has 1 heterocycles. The number of ether oxygens (including phenoxy) is 1. The quantitative estimate of drug-likeness (QED) is 0.631. The van der Waals surface area contributed by atoms with Crippen molar-refractivity contribution in [3.8, 4) is 11.8 Å². The van der Waals surface area contributed by atoms with E-state index >= 15 is 0 Å². The number of nitrogens with two attached hydrogens (primary N) is 1. The minimum atomic E-state index is -0.461. The molecular formula is C12H14N2O3S. The van der Waals surface area contributed by atoms with Crippen LogP contribution in [-0.2, 0) is 9.53 Å². The summed E-state index contributed by atoms with van der Waals surface area (Å²) >= 11 is 1.28. The molecule has 2 N–H and O–H groups in total. The van der Waals surface area contributed by atoms with E-state index in [1.807, 2.05) is 0 Å². The first kappa shape index (κ1) is 14.2. The van der Waals surface area contributed by atoms with Gasteiger partial charge in [-0.15, -0.1) is 11.3 Å². The Morgan fingerprint density at radius 2 is 2.28 bits per heavy atom. The van der Waals surface area contributed by atoms with E-state index < -0.39 is 5.97 Å². The maximum absolute atomic E-state index is 12.1. The van der Waals surface area contributed by atoms with Gasteiger partial charge in [0.2, 0.25) is 0 Å². The van der Waals surface area contributed by atoms with Crippen LogP contribution in [0.15, 0.2) is 11.4 Å². The third kappa shape index (κ3) is 3.58. The van der Waals surface area contributed by atoms with Gasteiger partial charge in [0.05, 0.1) is 13.7 Å². The number of rotatable bonds is 3. The summed E-state index contributed by atoms with van der Waals surface area (Å²) in [6.07, 6.45) is 0. The molecule has 1 aromatic rings. The van der Waals surface area contributed by atoms with Gasteiger partial charge < -0.3 is 15.4 Å². The normalized spacial score (nSPS) is 9.28. The van der Waals surface area contributed by atoms with E-state index in [9.17, 15) is 9.59 Å². The van der Waals surface area contributed by atoms with Gasteiger partial charge >= 0.3 is 5.97 Å². The van der Waals surface area contributed by atoms with Gasteiger partial charge in [-0.05, 0) is 11.4 Å². The molecule has 0 bridgehead atoms. The highest BCUT2D eigenvalue weighted by molar-refractivity contribution is 7.12.